The Morgan fingerprint density at radius 2 is 1.82 bits per heavy atom. The zero-order valence-corrected chi connectivity index (χ0v) is 14.3. The van der Waals surface area contributed by atoms with Gasteiger partial charge < -0.3 is 20.1 Å². The van der Waals surface area contributed by atoms with Crippen LogP contribution in [0, 0.1) is 5.92 Å². The minimum atomic E-state index is -0.426. The molecular formula is C17H32N2O3. The first-order chi connectivity index (χ1) is 10.4. The number of alkyl carbamates (subject to hydrolysis) is 1. The molecule has 0 aromatic carbocycles. The molecule has 0 bridgehead atoms. The minimum Gasteiger partial charge on any atom is -0.444 e. The highest BCUT2D eigenvalue weighted by Gasteiger charge is 2.25. The van der Waals surface area contributed by atoms with Crippen molar-refractivity contribution in [2.24, 2.45) is 5.92 Å². The predicted molar refractivity (Wildman–Crippen MR) is 87.0 cm³/mol. The molecule has 2 aliphatic rings. The maximum Gasteiger partial charge on any atom is 0.407 e. The molecule has 0 radical (unpaired) electrons. The van der Waals surface area contributed by atoms with E-state index in [0.717, 1.165) is 45.4 Å². The standard InChI is InChI=1S/C17H32N2O3/c1-17(2,3)22-16(20)19-15-8-6-14(7-9-15)18-11-13-5-4-10-21-12-13/h13-15,18H,4-12H2,1-3H3,(H,19,20). The molecular weight excluding hydrogens is 280 g/mol. The van der Waals surface area contributed by atoms with Gasteiger partial charge in [0.2, 0.25) is 0 Å². The van der Waals surface area contributed by atoms with E-state index in [1.165, 1.54) is 12.8 Å². The molecule has 1 amide bonds. The number of carbonyl (C=O) groups is 1. The molecule has 1 heterocycles. The summed E-state index contributed by atoms with van der Waals surface area (Å²) in [7, 11) is 0. The van der Waals surface area contributed by atoms with Gasteiger partial charge >= 0.3 is 6.09 Å². The quantitative estimate of drug-likeness (QED) is 0.838. The summed E-state index contributed by atoms with van der Waals surface area (Å²) >= 11 is 0. The van der Waals surface area contributed by atoms with Crippen LogP contribution in [0.2, 0.25) is 0 Å². The Balaban J connectivity index is 1.60. The lowest BCUT2D eigenvalue weighted by atomic mass is 9.90. The molecule has 1 aliphatic heterocycles. The lowest BCUT2D eigenvalue weighted by molar-refractivity contribution is 0.0478. The molecule has 0 aromatic heterocycles. The zero-order valence-electron chi connectivity index (χ0n) is 14.3. The summed E-state index contributed by atoms with van der Waals surface area (Å²) in [6.07, 6.45) is 6.47. The van der Waals surface area contributed by atoms with Gasteiger partial charge in [0.05, 0.1) is 6.61 Å². The number of amides is 1. The molecule has 1 aliphatic carbocycles. The molecule has 0 aromatic rings. The topological polar surface area (TPSA) is 59.6 Å². The van der Waals surface area contributed by atoms with Crippen LogP contribution >= 0.6 is 0 Å². The number of hydrogen-bond acceptors (Lipinski definition) is 4. The maximum absolute atomic E-state index is 11.8. The van der Waals surface area contributed by atoms with Gasteiger partial charge in [0, 0.05) is 25.2 Å². The molecule has 128 valence electrons. The van der Waals surface area contributed by atoms with Crippen molar-refractivity contribution in [3.63, 3.8) is 0 Å². The van der Waals surface area contributed by atoms with Crippen LogP contribution < -0.4 is 10.6 Å². The van der Waals surface area contributed by atoms with Crippen molar-refractivity contribution in [3.8, 4) is 0 Å². The number of rotatable bonds is 4. The van der Waals surface area contributed by atoms with Crippen LogP contribution in [0.3, 0.4) is 0 Å². The third-order valence-corrected chi connectivity index (χ3v) is 4.40. The van der Waals surface area contributed by atoms with Crippen molar-refractivity contribution in [2.45, 2.75) is 77.0 Å². The lowest BCUT2D eigenvalue weighted by Gasteiger charge is -2.32. The fourth-order valence-electron chi connectivity index (χ4n) is 3.22. The largest absolute Gasteiger partial charge is 0.444 e. The Hall–Kier alpha value is -0.810. The Morgan fingerprint density at radius 1 is 1.14 bits per heavy atom. The summed E-state index contributed by atoms with van der Waals surface area (Å²) in [5, 5.41) is 6.67. The van der Waals surface area contributed by atoms with Crippen LogP contribution in [-0.2, 0) is 9.47 Å². The molecule has 1 saturated carbocycles. The molecule has 22 heavy (non-hydrogen) atoms. The minimum absolute atomic E-state index is 0.255. The Labute approximate surface area is 134 Å². The van der Waals surface area contributed by atoms with Crippen LogP contribution in [0.15, 0.2) is 0 Å². The van der Waals surface area contributed by atoms with Gasteiger partial charge in [-0.15, -0.1) is 0 Å². The van der Waals surface area contributed by atoms with E-state index in [-0.39, 0.29) is 12.1 Å². The summed E-state index contributed by atoms with van der Waals surface area (Å²) in [6.45, 7) is 8.57. The van der Waals surface area contributed by atoms with Crippen molar-refractivity contribution < 1.29 is 14.3 Å². The normalized spacial score (nSPS) is 29.9. The zero-order chi connectivity index (χ0) is 16.0. The van der Waals surface area contributed by atoms with Gasteiger partial charge in [0.15, 0.2) is 0 Å². The predicted octanol–water partition coefficient (Wildman–Crippen LogP) is 2.84. The van der Waals surface area contributed by atoms with E-state index in [4.69, 9.17) is 9.47 Å². The van der Waals surface area contributed by atoms with Crippen LogP contribution in [-0.4, -0.2) is 43.5 Å². The number of ether oxygens (including phenoxy) is 2. The van der Waals surface area contributed by atoms with Crippen LogP contribution in [0.5, 0.6) is 0 Å². The fourth-order valence-corrected chi connectivity index (χ4v) is 3.22. The highest BCUT2D eigenvalue weighted by atomic mass is 16.6. The van der Waals surface area contributed by atoms with Crippen molar-refractivity contribution in [3.05, 3.63) is 0 Å². The third kappa shape index (κ3) is 6.53. The van der Waals surface area contributed by atoms with Crippen LogP contribution in [0.4, 0.5) is 4.79 Å². The molecule has 2 fully saturated rings. The number of hydrogen-bond donors (Lipinski definition) is 2. The third-order valence-electron chi connectivity index (χ3n) is 4.40. The molecule has 2 rings (SSSR count). The summed E-state index contributed by atoms with van der Waals surface area (Å²) in [4.78, 5) is 11.8. The lowest BCUT2D eigenvalue weighted by Crippen LogP contribution is -2.45. The Bertz CT molecular complexity index is 340. The van der Waals surface area contributed by atoms with Gasteiger partial charge in [0.25, 0.3) is 0 Å². The van der Waals surface area contributed by atoms with E-state index >= 15 is 0 Å². The monoisotopic (exact) mass is 312 g/mol. The van der Waals surface area contributed by atoms with Gasteiger partial charge in [-0.25, -0.2) is 4.79 Å². The molecule has 5 nitrogen and oxygen atoms in total. The maximum atomic E-state index is 11.8. The summed E-state index contributed by atoms with van der Waals surface area (Å²) in [5.74, 6) is 0.673. The van der Waals surface area contributed by atoms with E-state index in [1.807, 2.05) is 20.8 Å². The van der Waals surface area contributed by atoms with Gasteiger partial charge in [-0.05, 0) is 65.2 Å². The fraction of sp³-hybridized carbons (Fsp3) is 0.941. The molecule has 0 spiro atoms. The first-order valence-electron chi connectivity index (χ1n) is 8.73. The number of carbonyl (C=O) groups excluding carboxylic acids is 1. The van der Waals surface area contributed by atoms with Crippen LogP contribution in [0.25, 0.3) is 0 Å². The highest BCUT2D eigenvalue weighted by molar-refractivity contribution is 5.68. The van der Waals surface area contributed by atoms with E-state index < -0.39 is 5.60 Å². The summed E-state index contributed by atoms with van der Waals surface area (Å²) in [5.41, 5.74) is -0.426. The average Bonchev–Trinajstić information content (AvgIpc) is 2.45. The van der Waals surface area contributed by atoms with Crippen molar-refractivity contribution in [2.75, 3.05) is 19.8 Å². The number of nitrogens with one attached hydrogen (secondary N) is 2. The molecule has 1 unspecified atom stereocenters. The van der Waals surface area contributed by atoms with Gasteiger partial charge in [-0.3, -0.25) is 0 Å². The molecule has 2 N–H and O–H groups in total. The second-order valence-corrected chi connectivity index (χ2v) is 7.69. The van der Waals surface area contributed by atoms with E-state index in [1.54, 1.807) is 0 Å². The molecule has 5 heteroatoms. The molecule has 1 saturated heterocycles. The first kappa shape index (κ1) is 17.5. The summed E-state index contributed by atoms with van der Waals surface area (Å²) in [6, 6.07) is 0.838. The van der Waals surface area contributed by atoms with E-state index in [0.29, 0.717) is 12.0 Å². The second kappa shape index (κ2) is 8.16. The Morgan fingerprint density at radius 3 is 2.41 bits per heavy atom. The smallest absolute Gasteiger partial charge is 0.407 e. The van der Waals surface area contributed by atoms with Crippen molar-refractivity contribution >= 4 is 6.09 Å². The van der Waals surface area contributed by atoms with E-state index in [9.17, 15) is 4.79 Å². The highest BCUT2D eigenvalue weighted by Crippen LogP contribution is 2.20. The van der Waals surface area contributed by atoms with Crippen LogP contribution in [0.1, 0.15) is 59.3 Å². The summed E-state index contributed by atoms with van der Waals surface area (Å²) < 4.78 is 10.8. The van der Waals surface area contributed by atoms with E-state index in [2.05, 4.69) is 10.6 Å². The molecule has 1 atom stereocenters. The second-order valence-electron chi connectivity index (χ2n) is 7.69. The van der Waals surface area contributed by atoms with Gasteiger partial charge in [-0.1, -0.05) is 0 Å². The SMILES string of the molecule is CC(C)(C)OC(=O)NC1CCC(NCC2CCCOC2)CC1. The first-order valence-corrected chi connectivity index (χ1v) is 8.73. The van der Waals surface area contributed by atoms with Gasteiger partial charge in [0.1, 0.15) is 5.60 Å². The van der Waals surface area contributed by atoms with Crippen molar-refractivity contribution in [1.82, 2.24) is 10.6 Å². The Kier molecular flexibility index (Phi) is 6.50. The van der Waals surface area contributed by atoms with Gasteiger partial charge in [-0.2, -0.15) is 0 Å². The van der Waals surface area contributed by atoms with Crippen molar-refractivity contribution in [1.29, 1.82) is 0 Å². The average molecular weight is 312 g/mol.